The molecule has 1 unspecified atom stereocenters. The molecule has 0 radical (unpaired) electrons. The van der Waals surface area contributed by atoms with Crippen LogP contribution in [0.2, 0.25) is 0 Å². The lowest BCUT2D eigenvalue weighted by Crippen LogP contribution is -2.31. The fourth-order valence-electron chi connectivity index (χ4n) is 5.25. The first-order valence-corrected chi connectivity index (χ1v) is 12.9. The summed E-state index contributed by atoms with van der Waals surface area (Å²) in [6.45, 7) is 3.16. The third-order valence-corrected chi connectivity index (χ3v) is 6.96. The number of para-hydroxylation sites is 1. The molecule has 1 aliphatic heterocycles. The number of nitrogens with two attached hydrogens (primary N) is 1. The van der Waals surface area contributed by atoms with E-state index in [1.807, 2.05) is 24.3 Å². The summed E-state index contributed by atoms with van der Waals surface area (Å²) in [5.41, 5.74) is 10.3. The molecule has 198 valence electrons. The molecule has 0 spiro atoms. The molecule has 2 aromatic carbocycles. The third-order valence-electron chi connectivity index (χ3n) is 6.96. The SMILES string of the molecule is COCCCN(Cc1ccccc1OC)CC1CCc2nc(-c3ccc(F)cc3)c(-c3ccnc(N)n3)n21. The lowest BCUT2D eigenvalue weighted by Gasteiger charge is -2.28. The predicted octanol–water partition coefficient (Wildman–Crippen LogP) is 4.76. The van der Waals surface area contributed by atoms with E-state index in [0.717, 1.165) is 73.0 Å². The highest BCUT2D eigenvalue weighted by atomic mass is 19.1. The minimum absolute atomic E-state index is 0.176. The zero-order valence-corrected chi connectivity index (χ0v) is 21.8. The van der Waals surface area contributed by atoms with Crippen LogP contribution in [0.25, 0.3) is 22.6 Å². The maximum absolute atomic E-state index is 13.7. The number of halogens is 1. The highest BCUT2D eigenvalue weighted by molar-refractivity contribution is 5.78. The number of nitrogens with zero attached hydrogens (tertiary/aromatic N) is 5. The molecule has 1 aliphatic rings. The molecule has 0 bridgehead atoms. The molecule has 2 aromatic heterocycles. The summed E-state index contributed by atoms with van der Waals surface area (Å²) in [6.07, 6.45) is 4.40. The van der Waals surface area contributed by atoms with Crippen molar-refractivity contribution >= 4 is 5.95 Å². The molecule has 2 N–H and O–H groups in total. The van der Waals surface area contributed by atoms with E-state index in [1.54, 1.807) is 32.5 Å². The topological polar surface area (TPSA) is 91.3 Å². The smallest absolute Gasteiger partial charge is 0.220 e. The Morgan fingerprint density at radius 3 is 2.66 bits per heavy atom. The maximum Gasteiger partial charge on any atom is 0.220 e. The molecule has 4 aromatic rings. The van der Waals surface area contributed by atoms with E-state index in [9.17, 15) is 4.39 Å². The van der Waals surface area contributed by atoms with Crippen molar-refractivity contribution in [3.63, 3.8) is 0 Å². The van der Waals surface area contributed by atoms with E-state index in [0.29, 0.717) is 12.3 Å². The second-order valence-corrected chi connectivity index (χ2v) is 9.49. The fourth-order valence-corrected chi connectivity index (χ4v) is 5.25. The number of hydrogen-bond donors (Lipinski definition) is 1. The van der Waals surface area contributed by atoms with Crippen molar-refractivity contribution in [3.8, 4) is 28.4 Å². The number of methoxy groups -OCH3 is 2. The molecule has 5 rings (SSSR count). The molecule has 0 saturated carbocycles. The first-order valence-electron chi connectivity index (χ1n) is 12.9. The van der Waals surface area contributed by atoms with Crippen molar-refractivity contribution in [1.82, 2.24) is 24.4 Å². The van der Waals surface area contributed by atoms with Gasteiger partial charge in [0.2, 0.25) is 5.95 Å². The number of nitrogen functional groups attached to an aromatic ring is 1. The van der Waals surface area contributed by atoms with Gasteiger partial charge in [-0.05, 0) is 49.2 Å². The van der Waals surface area contributed by atoms with Crippen LogP contribution in [0.15, 0.2) is 60.8 Å². The normalized spacial score (nSPS) is 14.7. The van der Waals surface area contributed by atoms with Crippen LogP contribution in [0.3, 0.4) is 0 Å². The molecule has 0 amide bonds. The van der Waals surface area contributed by atoms with E-state index < -0.39 is 0 Å². The number of aromatic nitrogens is 4. The molecular weight excluding hydrogens is 483 g/mol. The van der Waals surface area contributed by atoms with Gasteiger partial charge in [-0.3, -0.25) is 4.90 Å². The van der Waals surface area contributed by atoms with E-state index in [-0.39, 0.29) is 17.8 Å². The second-order valence-electron chi connectivity index (χ2n) is 9.49. The minimum atomic E-state index is -0.283. The molecule has 0 fully saturated rings. The summed E-state index contributed by atoms with van der Waals surface area (Å²) in [7, 11) is 3.44. The van der Waals surface area contributed by atoms with Crippen LogP contribution in [0, 0.1) is 5.82 Å². The van der Waals surface area contributed by atoms with Crippen LogP contribution >= 0.6 is 0 Å². The van der Waals surface area contributed by atoms with Crippen LogP contribution in [0.5, 0.6) is 5.75 Å². The number of fused-ring (bicyclic) bond motifs is 1. The first-order chi connectivity index (χ1) is 18.6. The quantitative estimate of drug-likeness (QED) is 0.287. The number of hydrogen-bond acceptors (Lipinski definition) is 7. The summed E-state index contributed by atoms with van der Waals surface area (Å²) in [4.78, 5) is 16.1. The summed E-state index contributed by atoms with van der Waals surface area (Å²) < 4.78 is 27.0. The monoisotopic (exact) mass is 516 g/mol. The Morgan fingerprint density at radius 2 is 1.89 bits per heavy atom. The van der Waals surface area contributed by atoms with Gasteiger partial charge in [0.05, 0.1) is 24.2 Å². The average molecular weight is 517 g/mol. The van der Waals surface area contributed by atoms with Gasteiger partial charge in [-0.2, -0.15) is 0 Å². The van der Waals surface area contributed by atoms with Gasteiger partial charge in [0.25, 0.3) is 0 Å². The molecule has 8 nitrogen and oxygen atoms in total. The molecule has 1 atom stereocenters. The Kier molecular flexibility index (Phi) is 7.95. The molecule has 38 heavy (non-hydrogen) atoms. The lowest BCUT2D eigenvalue weighted by atomic mass is 10.1. The number of benzene rings is 2. The van der Waals surface area contributed by atoms with Gasteiger partial charge in [-0.1, -0.05) is 18.2 Å². The number of imidazole rings is 1. The van der Waals surface area contributed by atoms with Crippen molar-refractivity contribution in [2.75, 3.05) is 39.6 Å². The Balaban J connectivity index is 1.52. The van der Waals surface area contributed by atoms with Crippen molar-refractivity contribution < 1.29 is 13.9 Å². The highest BCUT2D eigenvalue weighted by Crippen LogP contribution is 2.39. The van der Waals surface area contributed by atoms with Gasteiger partial charge in [0.1, 0.15) is 17.4 Å². The number of aryl methyl sites for hydroxylation is 1. The Morgan fingerprint density at radius 1 is 1.08 bits per heavy atom. The lowest BCUT2D eigenvalue weighted by molar-refractivity contribution is 0.160. The van der Waals surface area contributed by atoms with Crippen molar-refractivity contribution in [1.29, 1.82) is 0 Å². The van der Waals surface area contributed by atoms with Gasteiger partial charge in [-0.25, -0.2) is 19.3 Å². The maximum atomic E-state index is 13.7. The van der Waals surface area contributed by atoms with Crippen LogP contribution in [0.1, 0.15) is 30.3 Å². The number of anilines is 1. The second kappa shape index (κ2) is 11.7. The Hall–Kier alpha value is -3.82. The van der Waals surface area contributed by atoms with E-state index in [2.05, 4.69) is 25.5 Å². The van der Waals surface area contributed by atoms with Crippen LogP contribution < -0.4 is 10.5 Å². The highest BCUT2D eigenvalue weighted by Gasteiger charge is 2.32. The Bertz CT molecular complexity index is 1370. The molecule has 3 heterocycles. The summed E-state index contributed by atoms with van der Waals surface area (Å²) >= 11 is 0. The van der Waals surface area contributed by atoms with E-state index >= 15 is 0 Å². The van der Waals surface area contributed by atoms with Gasteiger partial charge < -0.3 is 19.8 Å². The average Bonchev–Trinajstić information content (AvgIpc) is 3.49. The van der Waals surface area contributed by atoms with Crippen LogP contribution in [-0.4, -0.2) is 58.3 Å². The standard InChI is InChI=1S/C29H33FN6O2/c1-37-17-5-16-35(18-21-6-3-4-7-25(21)38-2)19-23-12-13-26-34-27(20-8-10-22(30)11-9-20)28(36(23)26)24-14-15-32-29(31)33-24/h3-4,6-11,14-15,23H,5,12-13,16-19H2,1-2H3,(H2,31,32,33). The largest absolute Gasteiger partial charge is 0.496 e. The summed E-state index contributed by atoms with van der Waals surface area (Å²) in [6, 6.07) is 16.6. The third kappa shape index (κ3) is 5.54. The van der Waals surface area contributed by atoms with E-state index in [1.165, 1.54) is 12.1 Å². The molecule has 0 aliphatic carbocycles. The summed E-state index contributed by atoms with van der Waals surface area (Å²) in [5, 5.41) is 0. The minimum Gasteiger partial charge on any atom is -0.496 e. The van der Waals surface area contributed by atoms with Crippen LogP contribution in [-0.2, 0) is 17.7 Å². The fraction of sp³-hybridized carbons (Fsp3) is 0.345. The molecule has 0 saturated heterocycles. The van der Waals surface area contributed by atoms with Crippen molar-refractivity contribution in [2.24, 2.45) is 0 Å². The summed E-state index contributed by atoms with van der Waals surface area (Å²) in [5.74, 6) is 1.80. The zero-order chi connectivity index (χ0) is 26.5. The van der Waals surface area contributed by atoms with Gasteiger partial charge in [0, 0.05) is 63.1 Å². The van der Waals surface area contributed by atoms with Gasteiger partial charge in [-0.15, -0.1) is 0 Å². The van der Waals surface area contributed by atoms with Gasteiger partial charge in [0.15, 0.2) is 0 Å². The molecular formula is C29H33FN6O2. The predicted molar refractivity (Wildman–Crippen MR) is 145 cm³/mol. The van der Waals surface area contributed by atoms with Gasteiger partial charge >= 0.3 is 0 Å². The van der Waals surface area contributed by atoms with Crippen molar-refractivity contribution in [3.05, 3.63) is 78.0 Å². The Labute approximate surface area is 222 Å². The van der Waals surface area contributed by atoms with Crippen molar-refractivity contribution in [2.45, 2.75) is 31.8 Å². The molecule has 9 heteroatoms. The number of rotatable bonds is 11. The van der Waals surface area contributed by atoms with Crippen LogP contribution in [0.4, 0.5) is 10.3 Å². The van der Waals surface area contributed by atoms with E-state index in [4.69, 9.17) is 20.2 Å². The zero-order valence-electron chi connectivity index (χ0n) is 21.8. The first kappa shape index (κ1) is 25.8. The number of ether oxygens (including phenoxy) is 2.